The van der Waals surface area contributed by atoms with Crippen molar-refractivity contribution < 1.29 is 4.74 Å². The van der Waals surface area contributed by atoms with Gasteiger partial charge in [-0.2, -0.15) is 0 Å². The van der Waals surface area contributed by atoms with Crippen molar-refractivity contribution in [3.8, 4) is 16.9 Å². The second kappa shape index (κ2) is 5.77. The molecule has 22 heavy (non-hydrogen) atoms. The summed E-state index contributed by atoms with van der Waals surface area (Å²) in [7, 11) is 1.63. The van der Waals surface area contributed by atoms with E-state index in [4.69, 9.17) is 4.74 Å². The molecule has 0 saturated carbocycles. The first kappa shape index (κ1) is 14.5. The first-order chi connectivity index (χ1) is 10.7. The third-order valence-electron chi connectivity index (χ3n) is 3.60. The van der Waals surface area contributed by atoms with Crippen LogP contribution in [0.1, 0.15) is 5.82 Å². The molecular weight excluding hydrogens is 296 g/mol. The Kier molecular flexibility index (Phi) is 3.81. The summed E-state index contributed by atoms with van der Waals surface area (Å²) in [4.78, 5) is 18.1. The molecule has 0 atom stereocenters. The van der Waals surface area contributed by atoms with Crippen LogP contribution in [0.3, 0.4) is 0 Å². The van der Waals surface area contributed by atoms with Gasteiger partial charge in [0.1, 0.15) is 16.4 Å². The molecule has 0 aliphatic carbocycles. The molecule has 2 heterocycles. The zero-order valence-electron chi connectivity index (χ0n) is 12.5. The monoisotopic (exact) mass is 312 g/mol. The molecule has 0 saturated heterocycles. The zero-order chi connectivity index (χ0) is 15.7. The number of benzene rings is 1. The molecule has 5 heteroatoms. The maximum atomic E-state index is 12.8. The van der Waals surface area contributed by atoms with Gasteiger partial charge < -0.3 is 4.74 Å². The molecule has 0 bridgehead atoms. The van der Waals surface area contributed by atoms with Crippen molar-refractivity contribution in [2.75, 3.05) is 7.11 Å². The lowest BCUT2D eigenvalue weighted by atomic mass is 10.1. The summed E-state index contributed by atoms with van der Waals surface area (Å²) in [5.74, 6) is 1.50. The highest BCUT2D eigenvalue weighted by Gasteiger charge is 2.14. The van der Waals surface area contributed by atoms with Crippen molar-refractivity contribution >= 4 is 21.6 Å². The topological polar surface area (TPSA) is 44.1 Å². The van der Waals surface area contributed by atoms with Gasteiger partial charge in [-0.05, 0) is 24.6 Å². The van der Waals surface area contributed by atoms with Crippen LogP contribution in [0.2, 0.25) is 0 Å². The number of nitrogens with zero attached hydrogens (tertiary/aromatic N) is 2. The minimum atomic E-state index is -0.0190. The predicted octanol–water partition coefficient (Wildman–Crippen LogP) is 3.63. The first-order valence-corrected chi connectivity index (χ1v) is 7.77. The van der Waals surface area contributed by atoms with E-state index in [1.54, 1.807) is 17.8 Å². The van der Waals surface area contributed by atoms with Crippen molar-refractivity contribution in [1.82, 2.24) is 9.55 Å². The quantitative estimate of drug-likeness (QED) is 0.691. The Morgan fingerprint density at radius 2 is 2.09 bits per heavy atom. The molecule has 0 radical (unpaired) electrons. The number of methoxy groups -OCH3 is 1. The Bertz CT molecular complexity index is 891. The van der Waals surface area contributed by atoms with E-state index in [-0.39, 0.29) is 5.56 Å². The minimum absolute atomic E-state index is 0.0190. The summed E-state index contributed by atoms with van der Waals surface area (Å²) in [6, 6.07) is 7.69. The van der Waals surface area contributed by atoms with Gasteiger partial charge in [-0.1, -0.05) is 18.2 Å². The van der Waals surface area contributed by atoms with Crippen LogP contribution in [-0.2, 0) is 6.54 Å². The molecule has 1 aromatic carbocycles. The van der Waals surface area contributed by atoms with Gasteiger partial charge in [0.2, 0.25) is 0 Å². The first-order valence-electron chi connectivity index (χ1n) is 6.89. The summed E-state index contributed by atoms with van der Waals surface area (Å²) >= 11 is 1.49. The average molecular weight is 312 g/mol. The van der Waals surface area contributed by atoms with Crippen LogP contribution < -0.4 is 10.3 Å². The predicted molar refractivity (Wildman–Crippen MR) is 90.8 cm³/mol. The number of aryl methyl sites for hydroxylation is 1. The van der Waals surface area contributed by atoms with Crippen LogP contribution in [0, 0.1) is 6.92 Å². The third kappa shape index (κ3) is 2.33. The van der Waals surface area contributed by atoms with Crippen molar-refractivity contribution in [3.63, 3.8) is 0 Å². The molecule has 3 aromatic rings. The van der Waals surface area contributed by atoms with Crippen LogP contribution in [0.4, 0.5) is 0 Å². The van der Waals surface area contributed by atoms with Crippen molar-refractivity contribution in [2.45, 2.75) is 13.5 Å². The molecule has 0 aliphatic rings. The Labute approximate surface area is 132 Å². The van der Waals surface area contributed by atoms with Crippen molar-refractivity contribution in [1.29, 1.82) is 0 Å². The molecule has 0 fully saturated rings. The van der Waals surface area contributed by atoms with E-state index in [1.807, 2.05) is 36.6 Å². The van der Waals surface area contributed by atoms with Gasteiger partial charge in [0, 0.05) is 17.5 Å². The summed E-state index contributed by atoms with van der Waals surface area (Å²) < 4.78 is 6.83. The SMILES string of the molecule is C=CCn1c(C)nc2scc(-c3ccc(OC)cc3)c2c1=O. The summed E-state index contributed by atoms with van der Waals surface area (Å²) in [5.41, 5.74) is 1.88. The smallest absolute Gasteiger partial charge is 0.263 e. The molecule has 0 unspecified atom stereocenters. The molecular formula is C17H16N2O2S. The molecule has 112 valence electrons. The van der Waals surface area contributed by atoms with Gasteiger partial charge >= 0.3 is 0 Å². The van der Waals surface area contributed by atoms with Crippen LogP contribution in [0.5, 0.6) is 5.75 Å². The standard InChI is InChI=1S/C17H16N2O2S/c1-4-9-19-11(2)18-16-15(17(19)20)14(10-22-16)12-5-7-13(21-3)8-6-12/h4-8,10H,1,9H2,2-3H3. The Balaban J connectivity index is 2.24. The molecule has 0 spiro atoms. The van der Waals surface area contributed by atoms with Gasteiger partial charge in [-0.3, -0.25) is 9.36 Å². The highest BCUT2D eigenvalue weighted by Crippen LogP contribution is 2.31. The molecule has 3 rings (SSSR count). The van der Waals surface area contributed by atoms with Crippen LogP contribution in [0.25, 0.3) is 21.3 Å². The number of hydrogen-bond acceptors (Lipinski definition) is 4. The van der Waals surface area contributed by atoms with E-state index in [0.29, 0.717) is 17.8 Å². The second-order valence-corrected chi connectivity index (χ2v) is 5.78. The van der Waals surface area contributed by atoms with E-state index in [9.17, 15) is 4.79 Å². The van der Waals surface area contributed by atoms with Crippen LogP contribution in [-0.4, -0.2) is 16.7 Å². The molecule has 0 amide bonds. The number of allylic oxidation sites excluding steroid dienone is 1. The van der Waals surface area contributed by atoms with E-state index in [2.05, 4.69) is 11.6 Å². The Morgan fingerprint density at radius 1 is 1.36 bits per heavy atom. The number of ether oxygens (including phenoxy) is 1. The number of aromatic nitrogens is 2. The van der Waals surface area contributed by atoms with Gasteiger partial charge in [0.25, 0.3) is 5.56 Å². The molecule has 0 N–H and O–H groups in total. The maximum Gasteiger partial charge on any atom is 0.263 e. The largest absolute Gasteiger partial charge is 0.497 e. The summed E-state index contributed by atoms with van der Waals surface area (Å²) in [6.07, 6.45) is 1.71. The highest BCUT2D eigenvalue weighted by atomic mass is 32.1. The third-order valence-corrected chi connectivity index (χ3v) is 4.47. The average Bonchev–Trinajstić information content (AvgIpc) is 2.95. The fourth-order valence-electron chi connectivity index (χ4n) is 2.45. The molecule has 2 aromatic heterocycles. The summed E-state index contributed by atoms with van der Waals surface area (Å²) in [6.45, 7) is 6.01. The molecule has 0 aliphatic heterocycles. The van der Waals surface area contributed by atoms with Crippen molar-refractivity contribution in [3.05, 3.63) is 58.5 Å². The Morgan fingerprint density at radius 3 is 2.73 bits per heavy atom. The van der Waals surface area contributed by atoms with Crippen molar-refractivity contribution in [2.24, 2.45) is 0 Å². The van der Waals surface area contributed by atoms with Gasteiger partial charge in [0.05, 0.1) is 12.5 Å². The second-order valence-electron chi connectivity index (χ2n) is 4.92. The van der Waals surface area contributed by atoms with Crippen LogP contribution >= 0.6 is 11.3 Å². The fraction of sp³-hybridized carbons (Fsp3) is 0.176. The van der Waals surface area contributed by atoms with Crippen LogP contribution in [0.15, 0.2) is 47.1 Å². The number of rotatable bonds is 4. The van der Waals surface area contributed by atoms with Gasteiger partial charge in [-0.25, -0.2) is 4.98 Å². The number of thiophene rings is 1. The highest BCUT2D eigenvalue weighted by molar-refractivity contribution is 7.17. The van der Waals surface area contributed by atoms with Gasteiger partial charge in [0.15, 0.2) is 0 Å². The fourth-order valence-corrected chi connectivity index (χ4v) is 3.44. The lowest BCUT2D eigenvalue weighted by Gasteiger charge is -2.07. The number of fused-ring (bicyclic) bond motifs is 1. The van der Waals surface area contributed by atoms with E-state index in [1.165, 1.54) is 11.3 Å². The Hall–Kier alpha value is -2.40. The van der Waals surface area contributed by atoms with E-state index >= 15 is 0 Å². The molecule has 4 nitrogen and oxygen atoms in total. The zero-order valence-corrected chi connectivity index (χ0v) is 13.3. The van der Waals surface area contributed by atoms with E-state index < -0.39 is 0 Å². The minimum Gasteiger partial charge on any atom is -0.497 e. The normalized spacial score (nSPS) is 10.8. The van der Waals surface area contributed by atoms with E-state index in [0.717, 1.165) is 21.7 Å². The number of hydrogen-bond donors (Lipinski definition) is 0. The van der Waals surface area contributed by atoms with Gasteiger partial charge in [-0.15, -0.1) is 17.9 Å². The lowest BCUT2D eigenvalue weighted by Crippen LogP contribution is -2.23. The maximum absolute atomic E-state index is 12.8. The lowest BCUT2D eigenvalue weighted by molar-refractivity contribution is 0.415. The summed E-state index contributed by atoms with van der Waals surface area (Å²) in [5, 5.41) is 2.65.